The number of carbonyl (C=O) groups excluding carboxylic acids is 1. The Morgan fingerprint density at radius 1 is 1.15 bits per heavy atom. The number of aliphatic imine (C=N–C) groups is 1. The lowest BCUT2D eigenvalue weighted by Gasteiger charge is -2.12. The van der Waals surface area contributed by atoms with E-state index < -0.39 is 0 Å². The zero-order valence-electron chi connectivity index (χ0n) is 14.3. The number of nitrogens with one attached hydrogen (secondary N) is 3. The van der Waals surface area contributed by atoms with Crippen LogP contribution in [0, 0.1) is 5.82 Å². The van der Waals surface area contributed by atoms with E-state index in [4.69, 9.17) is 11.6 Å². The Morgan fingerprint density at radius 3 is 2.54 bits per heavy atom. The topological polar surface area (TPSA) is 65.5 Å². The molecule has 0 saturated carbocycles. The maximum Gasteiger partial charge on any atom is 0.243 e. The van der Waals surface area contributed by atoms with Crippen molar-refractivity contribution in [3.8, 4) is 0 Å². The fourth-order valence-electron chi connectivity index (χ4n) is 2.14. The van der Waals surface area contributed by atoms with Crippen LogP contribution in [0.5, 0.6) is 0 Å². The number of rotatable bonds is 6. The van der Waals surface area contributed by atoms with Gasteiger partial charge in [-0.25, -0.2) is 4.39 Å². The molecule has 140 valence electrons. The molecule has 0 aliphatic carbocycles. The molecule has 8 heteroatoms. The maximum atomic E-state index is 12.8. The summed E-state index contributed by atoms with van der Waals surface area (Å²) >= 11 is 5.95. The number of anilines is 1. The summed E-state index contributed by atoms with van der Waals surface area (Å²) in [5.74, 6) is -0.0684. The molecule has 0 spiro atoms. The molecule has 0 aliphatic rings. The van der Waals surface area contributed by atoms with Gasteiger partial charge in [0.05, 0.1) is 6.54 Å². The van der Waals surface area contributed by atoms with Crippen LogP contribution in [-0.2, 0) is 11.2 Å². The quantitative estimate of drug-likeness (QED) is 0.330. The summed E-state index contributed by atoms with van der Waals surface area (Å²) in [6, 6.07) is 13.2. The second kappa shape index (κ2) is 11.7. The van der Waals surface area contributed by atoms with Gasteiger partial charge in [0.25, 0.3) is 0 Å². The highest BCUT2D eigenvalue weighted by Gasteiger charge is 2.04. The van der Waals surface area contributed by atoms with Crippen LogP contribution in [0.4, 0.5) is 10.1 Å². The van der Waals surface area contributed by atoms with Gasteiger partial charge in [-0.15, -0.1) is 24.0 Å². The molecule has 26 heavy (non-hydrogen) atoms. The maximum absolute atomic E-state index is 12.8. The Balaban J connectivity index is 0.00000338. The van der Waals surface area contributed by atoms with E-state index in [1.807, 2.05) is 24.3 Å². The summed E-state index contributed by atoms with van der Waals surface area (Å²) in [7, 11) is 1.63. The summed E-state index contributed by atoms with van der Waals surface area (Å²) < 4.78 is 12.8. The molecule has 1 amide bonds. The third-order valence-corrected chi connectivity index (χ3v) is 3.60. The average Bonchev–Trinajstić information content (AvgIpc) is 2.60. The first-order valence-electron chi connectivity index (χ1n) is 7.81. The summed E-state index contributed by atoms with van der Waals surface area (Å²) in [5, 5.41) is 9.43. The van der Waals surface area contributed by atoms with Crippen molar-refractivity contribution in [2.75, 3.05) is 25.5 Å². The molecule has 2 rings (SSSR count). The molecule has 3 N–H and O–H groups in total. The normalized spacial score (nSPS) is 10.7. The minimum Gasteiger partial charge on any atom is -0.356 e. The third kappa shape index (κ3) is 8.01. The number of nitrogens with zero attached hydrogens (tertiary/aromatic N) is 1. The van der Waals surface area contributed by atoms with E-state index in [0.717, 1.165) is 12.0 Å². The highest BCUT2D eigenvalue weighted by molar-refractivity contribution is 14.0. The Labute approximate surface area is 174 Å². The van der Waals surface area contributed by atoms with Crippen LogP contribution in [0.25, 0.3) is 0 Å². The van der Waals surface area contributed by atoms with Gasteiger partial charge in [0, 0.05) is 24.3 Å². The fourth-order valence-corrected chi connectivity index (χ4v) is 2.35. The number of guanidine groups is 1. The Bertz CT molecular complexity index is 740. The van der Waals surface area contributed by atoms with Crippen LogP contribution >= 0.6 is 35.6 Å². The smallest absolute Gasteiger partial charge is 0.243 e. The molecule has 0 bridgehead atoms. The van der Waals surface area contributed by atoms with Gasteiger partial charge < -0.3 is 16.0 Å². The molecule has 0 saturated heterocycles. The lowest BCUT2D eigenvalue weighted by Crippen LogP contribution is -2.42. The zero-order valence-corrected chi connectivity index (χ0v) is 17.3. The van der Waals surface area contributed by atoms with Gasteiger partial charge >= 0.3 is 0 Å². The van der Waals surface area contributed by atoms with Gasteiger partial charge in [-0.1, -0.05) is 23.7 Å². The van der Waals surface area contributed by atoms with Gasteiger partial charge in [-0.2, -0.15) is 0 Å². The van der Waals surface area contributed by atoms with Gasteiger partial charge in [0.2, 0.25) is 5.91 Å². The molecule has 0 aromatic heterocycles. The van der Waals surface area contributed by atoms with Gasteiger partial charge in [-0.05, 0) is 48.4 Å². The van der Waals surface area contributed by atoms with Gasteiger partial charge in [0.15, 0.2) is 5.96 Å². The van der Waals surface area contributed by atoms with E-state index in [9.17, 15) is 9.18 Å². The van der Waals surface area contributed by atoms with Crippen molar-refractivity contribution in [2.24, 2.45) is 4.99 Å². The predicted molar refractivity (Wildman–Crippen MR) is 115 cm³/mol. The lowest BCUT2D eigenvalue weighted by molar-refractivity contribution is -0.115. The number of hydrogen-bond acceptors (Lipinski definition) is 2. The predicted octanol–water partition coefficient (Wildman–Crippen LogP) is 3.44. The van der Waals surface area contributed by atoms with E-state index in [0.29, 0.717) is 23.2 Å². The van der Waals surface area contributed by atoms with Crippen LogP contribution in [0.1, 0.15) is 5.56 Å². The van der Waals surface area contributed by atoms with Crippen molar-refractivity contribution in [1.29, 1.82) is 0 Å². The molecule has 0 atom stereocenters. The first-order valence-corrected chi connectivity index (χ1v) is 8.19. The van der Waals surface area contributed by atoms with Gasteiger partial charge in [0.1, 0.15) is 5.82 Å². The van der Waals surface area contributed by atoms with Crippen LogP contribution in [0.3, 0.4) is 0 Å². The SMILES string of the molecule is CN=C(NCCc1cccc(Cl)c1)NCC(=O)Nc1ccc(F)cc1.I. The van der Waals surface area contributed by atoms with Crippen LogP contribution in [0.15, 0.2) is 53.5 Å². The molecular formula is C18H21ClFIN4O. The lowest BCUT2D eigenvalue weighted by atomic mass is 10.1. The first-order chi connectivity index (χ1) is 12.1. The van der Waals surface area contributed by atoms with Crippen molar-refractivity contribution in [1.82, 2.24) is 10.6 Å². The zero-order chi connectivity index (χ0) is 18.1. The first kappa shape index (κ1) is 22.2. The van der Waals surface area contributed by atoms with Crippen molar-refractivity contribution in [2.45, 2.75) is 6.42 Å². The minimum absolute atomic E-state index is 0. The molecule has 2 aromatic rings. The molecule has 0 heterocycles. The largest absolute Gasteiger partial charge is 0.356 e. The molecule has 2 aromatic carbocycles. The highest BCUT2D eigenvalue weighted by atomic mass is 127. The number of benzene rings is 2. The van der Waals surface area contributed by atoms with Crippen molar-refractivity contribution >= 4 is 53.1 Å². The molecule has 0 aliphatic heterocycles. The summed E-state index contributed by atoms with van der Waals surface area (Å²) in [5.41, 5.74) is 1.65. The second-order valence-corrected chi connectivity index (χ2v) is 5.72. The number of carbonyl (C=O) groups is 1. The van der Waals surface area contributed by atoms with Crippen LogP contribution in [0.2, 0.25) is 5.02 Å². The van der Waals surface area contributed by atoms with E-state index in [2.05, 4.69) is 20.9 Å². The summed E-state index contributed by atoms with van der Waals surface area (Å²) in [6.07, 6.45) is 0.781. The van der Waals surface area contributed by atoms with Gasteiger partial charge in [-0.3, -0.25) is 9.79 Å². The van der Waals surface area contributed by atoms with Crippen LogP contribution < -0.4 is 16.0 Å². The third-order valence-electron chi connectivity index (χ3n) is 3.36. The summed E-state index contributed by atoms with van der Waals surface area (Å²) in [6.45, 7) is 0.702. The van der Waals surface area contributed by atoms with E-state index in [1.165, 1.54) is 24.3 Å². The molecule has 0 unspecified atom stereocenters. The fraction of sp³-hybridized carbons (Fsp3) is 0.222. The van der Waals surface area contributed by atoms with Crippen molar-refractivity contribution < 1.29 is 9.18 Å². The number of hydrogen-bond donors (Lipinski definition) is 3. The average molecular weight is 491 g/mol. The van der Waals surface area contributed by atoms with E-state index in [1.54, 1.807) is 7.05 Å². The molecule has 0 fully saturated rings. The highest BCUT2D eigenvalue weighted by Crippen LogP contribution is 2.10. The minimum atomic E-state index is -0.347. The summed E-state index contributed by atoms with van der Waals surface area (Å²) in [4.78, 5) is 16.0. The molecule has 5 nitrogen and oxygen atoms in total. The Kier molecular flexibility index (Phi) is 9.97. The Hall–Kier alpha value is -1.87. The Morgan fingerprint density at radius 2 is 1.88 bits per heavy atom. The van der Waals surface area contributed by atoms with E-state index >= 15 is 0 Å². The standard InChI is InChI=1S/C18H20ClFN4O.HI/c1-21-18(22-10-9-13-3-2-4-14(19)11-13)23-12-17(25)24-16-7-5-15(20)6-8-16;/h2-8,11H,9-10,12H2,1H3,(H,24,25)(H2,21,22,23);1H. The van der Waals surface area contributed by atoms with E-state index in [-0.39, 0.29) is 42.2 Å². The van der Waals surface area contributed by atoms with Crippen LogP contribution in [-0.4, -0.2) is 32.0 Å². The number of amides is 1. The van der Waals surface area contributed by atoms with Crippen molar-refractivity contribution in [3.05, 3.63) is 64.9 Å². The molecule has 0 radical (unpaired) electrons. The second-order valence-electron chi connectivity index (χ2n) is 5.29. The monoisotopic (exact) mass is 490 g/mol. The molecular weight excluding hydrogens is 470 g/mol. The van der Waals surface area contributed by atoms with Crippen molar-refractivity contribution in [3.63, 3.8) is 0 Å². The number of halogens is 3.